The van der Waals surface area contributed by atoms with Gasteiger partial charge in [-0.05, 0) is 50.7 Å². The fourth-order valence-electron chi connectivity index (χ4n) is 3.26. The molecule has 0 saturated heterocycles. The van der Waals surface area contributed by atoms with Crippen LogP contribution in [0.25, 0.3) is 0 Å². The molecule has 0 fully saturated rings. The van der Waals surface area contributed by atoms with Gasteiger partial charge >= 0.3 is 0 Å². The lowest BCUT2D eigenvalue weighted by atomic mass is 9.93. The van der Waals surface area contributed by atoms with Crippen LogP contribution in [-0.4, -0.2) is 23.1 Å². The lowest BCUT2D eigenvalue weighted by Crippen LogP contribution is -2.38. The fourth-order valence-corrected chi connectivity index (χ4v) is 3.26. The molecule has 0 saturated carbocycles. The Bertz CT molecular complexity index is 548. The first-order chi connectivity index (χ1) is 10.2. The van der Waals surface area contributed by atoms with Gasteiger partial charge in [0.2, 0.25) is 0 Å². The summed E-state index contributed by atoms with van der Waals surface area (Å²) in [5.74, 6) is 0.180. The number of rotatable bonds is 4. The van der Waals surface area contributed by atoms with Crippen LogP contribution in [0.2, 0.25) is 0 Å². The smallest absolute Gasteiger partial charge is 0.252 e. The highest BCUT2D eigenvalue weighted by atomic mass is 16.5. The first-order valence-corrected chi connectivity index (χ1v) is 7.89. The van der Waals surface area contributed by atoms with Crippen molar-refractivity contribution in [2.75, 3.05) is 0 Å². The average molecular weight is 285 g/mol. The highest BCUT2D eigenvalue weighted by molar-refractivity contribution is 5.97. The van der Waals surface area contributed by atoms with Crippen molar-refractivity contribution in [2.45, 2.75) is 58.4 Å². The molecule has 0 aromatic heterocycles. The summed E-state index contributed by atoms with van der Waals surface area (Å²) >= 11 is 0. The molecule has 1 atom stereocenters. The Morgan fingerprint density at radius 3 is 2.62 bits per heavy atom. The van der Waals surface area contributed by atoms with Crippen molar-refractivity contribution in [1.29, 1.82) is 0 Å². The molecule has 3 rings (SSSR count). The highest BCUT2D eigenvalue weighted by Crippen LogP contribution is 2.38. The van der Waals surface area contributed by atoms with Crippen molar-refractivity contribution in [2.24, 2.45) is 0 Å². The molecule has 1 heterocycles. The molecule has 1 aliphatic carbocycles. The molecule has 1 aromatic rings. The second-order valence-corrected chi connectivity index (χ2v) is 6.17. The molecule has 112 valence electrons. The summed E-state index contributed by atoms with van der Waals surface area (Å²) in [4.78, 5) is 14.6. The average Bonchev–Trinajstić information content (AvgIpc) is 2.74. The Kier molecular flexibility index (Phi) is 4.11. The van der Waals surface area contributed by atoms with Crippen LogP contribution >= 0.6 is 0 Å². The van der Waals surface area contributed by atoms with Crippen molar-refractivity contribution < 1.29 is 9.53 Å². The summed E-state index contributed by atoms with van der Waals surface area (Å²) in [5, 5.41) is 0. The van der Waals surface area contributed by atoms with Crippen molar-refractivity contribution in [1.82, 2.24) is 4.90 Å². The lowest BCUT2D eigenvalue weighted by molar-refractivity contribution is -0.139. The molecule has 0 unspecified atom stereocenters. The molecule has 2 aliphatic rings. The second kappa shape index (κ2) is 6.02. The summed E-state index contributed by atoms with van der Waals surface area (Å²) in [7, 11) is 0. The van der Waals surface area contributed by atoms with E-state index in [-0.39, 0.29) is 18.2 Å². The zero-order chi connectivity index (χ0) is 14.8. The van der Waals surface area contributed by atoms with E-state index in [0.717, 1.165) is 30.4 Å². The molecule has 3 nitrogen and oxygen atoms in total. The highest BCUT2D eigenvalue weighted by Gasteiger charge is 2.40. The minimum absolute atomic E-state index is 0.120. The van der Waals surface area contributed by atoms with E-state index in [1.165, 1.54) is 12.0 Å². The normalized spacial score (nSPS) is 22.1. The largest absolute Gasteiger partial charge is 0.352 e. The third-order valence-corrected chi connectivity index (χ3v) is 4.21. The Morgan fingerprint density at radius 2 is 1.90 bits per heavy atom. The maximum atomic E-state index is 12.7. The third kappa shape index (κ3) is 2.88. The molecule has 1 aliphatic heterocycles. The Hall–Kier alpha value is -1.61. The number of benzene rings is 1. The lowest BCUT2D eigenvalue weighted by Gasteiger charge is -2.29. The Labute approximate surface area is 126 Å². The number of amides is 1. The van der Waals surface area contributed by atoms with E-state index < -0.39 is 0 Å². The van der Waals surface area contributed by atoms with Gasteiger partial charge in [0, 0.05) is 12.1 Å². The van der Waals surface area contributed by atoms with E-state index in [2.05, 4.69) is 12.1 Å². The molecule has 0 radical (unpaired) electrons. The van der Waals surface area contributed by atoms with Gasteiger partial charge in [0.25, 0.3) is 5.91 Å². The van der Waals surface area contributed by atoms with Gasteiger partial charge < -0.3 is 9.64 Å². The fraction of sp³-hybridized carbons (Fsp3) is 0.500. The van der Waals surface area contributed by atoms with E-state index in [1.54, 1.807) is 0 Å². The minimum Gasteiger partial charge on any atom is -0.352 e. The van der Waals surface area contributed by atoms with Gasteiger partial charge in [-0.25, -0.2) is 0 Å². The van der Waals surface area contributed by atoms with Crippen LogP contribution in [0.5, 0.6) is 0 Å². The summed E-state index contributed by atoms with van der Waals surface area (Å²) in [5.41, 5.74) is 3.40. The van der Waals surface area contributed by atoms with Crippen LogP contribution in [0.4, 0.5) is 0 Å². The van der Waals surface area contributed by atoms with Crippen LogP contribution < -0.4 is 0 Å². The zero-order valence-electron chi connectivity index (χ0n) is 12.8. The number of carbonyl (C=O) groups excluding carboxylic acids is 1. The summed E-state index contributed by atoms with van der Waals surface area (Å²) in [6, 6.07) is 10.2. The third-order valence-electron chi connectivity index (χ3n) is 4.21. The second-order valence-electron chi connectivity index (χ2n) is 6.17. The van der Waals surface area contributed by atoms with Gasteiger partial charge in [-0.1, -0.05) is 30.3 Å². The molecule has 1 amide bonds. The van der Waals surface area contributed by atoms with E-state index >= 15 is 0 Å². The number of nitrogens with zero attached hydrogens (tertiary/aromatic N) is 1. The Morgan fingerprint density at radius 1 is 1.19 bits per heavy atom. The van der Waals surface area contributed by atoms with Crippen molar-refractivity contribution in [3.8, 4) is 0 Å². The molecule has 3 heteroatoms. The van der Waals surface area contributed by atoms with Gasteiger partial charge in [-0.3, -0.25) is 4.79 Å². The number of ether oxygens (including phenoxy) is 1. The molecule has 0 N–H and O–H groups in total. The maximum absolute atomic E-state index is 12.7. The number of hydrogen-bond acceptors (Lipinski definition) is 2. The van der Waals surface area contributed by atoms with E-state index in [9.17, 15) is 4.79 Å². The molecule has 1 aromatic carbocycles. The number of carbonyl (C=O) groups is 1. The van der Waals surface area contributed by atoms with Gasteiger partial charge in [-0.15, -0.1) is 0 Å². The van der Waals surface area contributed by atoms with Gasteiger partial charge in [-0.2, -0.15) is 0 Å². The standard InChI is InChI=1S/C18H23NO2/c1-13(2)21-18-16-11-7-6-10-15(16)17(20)19(18)12-14-8-4-3-5-9-14/h3-5,8-9,13,18H,6-7,10-12H2,1-2H3/t18-/m0/s1. The zero-order valence-corrected chi connectivity index (χ0v) is 12.8. The van der Waals surface area contributed by atoms with Crippen molar-refractivity contribution in [3.05, 3.63) is 47.0 Å². The SMILES string of the molecule is CC(C)O[C@H]1C2=C(CCCC2)C(=O)N1Cc1ccccc1. The van der Waals surface area contributed by atoms with Crippen LogP contribution in [0, 0.1) is 0 Å². The summed E-state index contributed by atoms with van der Waals surface area (Å²) in [6.07, 6.45) is 4.17. The van der Waals surface area contributed by atoms with Crippen LogP contribution in [0.3, 0.4) is 0 Å². The topological polar surface area (TPSA) is 29.5 Å². The first-order valence-electron chi connectivity index (χ1n) is 7.89. The molecule has 0 bridgehead atoms. The summed E-state index contributed by atoms with van der Waals surface area (Å²) in [6.45, 7) is 4.70. The number of hydrogen-bond donors (Lipinski definition) is 0. The monoisotopic (exact) mass is 285 g/mol. The van der Waals surface area contributed by atoms with Gasteiger partial charge in [0.1, 0.15) is 0 Å². The maximum Gasteiger partial charge on any atom is 0.252 e. The van der Waals surface area contributed by atoms with E-state index in [1.807, 2.05) is 36.9 Å². The minimum atomic E-state index is -0.159. The van der Waals surface area contributed by atoms with Gasteiger partial charge in [0.05, 0.1) is 6.10 Å². The predicted molar refractivity (Wildman–Crippen MR) is 82.5 cm³/mol. The van der Waals surface area contributed by atoms with Crippen molar-refractivity contribution >= 4 is 5.91 Å². The van der Waals surface area contributed by atoms with E-state index in [0.29, 0.717) is 6.54 Å². The van der Waals surface area contributed by atoms with Crippen LogP contribution in [0.15, 0.2) is 41.5 Å². The Balaban J connectivity index is 1.86. The van der Waals surface area contributed by atoms with E-state index in [4.69, 9.17) is 4.74 Å². The molecule has 0 spiro atoms. The van der Waals surface area contributed by atoms with Crippen LogP contribution in [0.1, 0.15) is 45.1 Å². The quantitative estimate of drug-likeness (QED) is 0.845. The summed E-state index contributed by atoms with van der Waals surface area (Å²) < 4.78 is 6.08. The van der Waals surface area contributed by atoms with Crippen LogP contribution in [-0.2, 0) is 16.1 Å². The van der Waals surface area contributed by atoms with Gasteiger partial charge in [0.15, 0.2) is 6.23 Å². The molecular weight excluding hydrogens is 262 g/mol. The predicted octanol–water partition coefficient (Wildman–Crippen LogP) is 3.65. The van der Waals surface area contributed by atoms with Crippen molar-refractivity contribution in [3.63, 3.8) is 0 Å². The first kappa shape index (κ1) is 14.3. The molecular formula is C18H23NO2. The molecule has 21 heavy (non-hydrogen) atoms.